The molecule has 0 bridgehead atoms. The van der Waals surface area contributed by atoms with Gasteiger partial charge in [0.25, 0.3) is 0 Å². The molecule has 0 fully saturated rings. The average Bonchev–Trinajstić information content (AvgIpc) is 2.54. The van der Waals surface area contributed by atoms with Crippen LogP contribution in [-0.2, 0) is 4.79 Å². The van der Waals surface area contributed by atoms with Gasteiger partial charge < -0.3 is 0 Å². The van der Waals surface area contributed by atoms with Crippen LogP contribution < -0.4 is 0 Å². The van der Waals surface area contributed by atoms with Gasteiger partial charge in [-0.15, -0.1) is 0 Å². The van der Waals surface area contributed by atoms with E-state index in [1.165, 1.54) is 37.7 Å². The summed E-state index contributed by atoms with van der Waals surface area (Å²) in [5.41, 5.74) is 6.57. The van der Waals surface area contributed by atoms with Crippen molar-refractivity contribution in [3.05, 3.63) is 47.0 Å². The lowest BCUT2D eigenvalue weighted by Gasteiger charge is -2.14. The first-order chi connectivity index (χ1) is 11.0. The van der Waals surface area contributed by atoms with Crippen LogP contribution in [0.15, 0.2) is 30.4 Å². The number of carbonyl (C=O) groups is 1. The highest BCUT2D eigenvalue weighted by atomic mass is 16.1. The summed E-state index contributed by atoms with van der Waals surface area (Å²) in [6.45, 7) is 12.5. The zero-order valence-corrected chi connectivity index (χ0v) is 15.4. The molecule has 0 aliphatic carbocycles. The fourth-order valence-corrected chi connectivity index (χ4v) is 2.96. The van der Waals surface area contributed by atoms with Crippen LogP contribution in [-0.4, -0.2) is 6.29 Å². The maximum Gasteiger partial charge on any atom is 0.150 e. The molecule has 1 aromatic carbocycles. The van der Waals surface area contributed by atoms with Gasteiger partial charge in [0, 0.05) is 5.57 Å². The number of carbonyl (C=O) groups excluding carboxylic acids is 1. The Labute approximate surface area is 142 Å². The first-order valence-electron chi connectivity index (χ1n) is 8.99. The average molecular weight is 312 g/mol. The summed E-state index contributed by atoms with van der Waals surface area (Å²) in [4.78, 5) is 11.8. The van der Waals surface area contributed by atoms with E-state index in [0.29, 0.717) is 0 Å². The van der Waals surface area contributed by atoms with Crippen molar-refractivity contribution in [1.82, 2.24) is 0 Å². The van der Waals surface area contributed by atoms with Crippen molar-refractivity contribution in [2.75, 3.05) is 0 Å². The van der Waals surface area contributed by atoms with E-state index in [0.717, 1.165) is 47.0 Å². The SMILES string of the molecule is C=C(C)c1ccc(C)c(/C(C=O)=C(/CC)CCCCCCC)c1. The topological polar surface area (TPSA) is 17.1 Å². The molecule has 0 unspecified atom stereocenters. The van der Waals surface area contributed by atoms with E-state index in [1.807, 2.05) is 6.92 Å². The normalized spacial score (nSPS) is 12.0. The number of aldehydes is 1. The Hall–Kier alpha value is -1.63. The molecule has 0 aromatic heterocycles. The molecule has 0 spiro atoms. The molecule has 0 radical (unpaired) electrons. The van der Waals surface area contributed by atoms with Crippen molar-refractivity contribution in [1.29, 1.82) is 0 Å². The molecule has 1 aromatic rings. The van der Waals surface area contributed by atoms with Crippen LogP contribution in [0, 0.1) is 6.92 Å². The molecule has 0 aliphatic heterocycles. The molecule has 0 amide bonds. The van der Waals surface area contributed by atoms with Crippen molar-refractivity contribution < 1.29 is 4.79 Å². The van der Waals surface area contributed by atoms with Gasteiger partial charge in [-0.05, 0) is 55.9 Å². The Morgan fingerprint density at radius 2 is 1.83 bits per heavy atom. The monoisotopic (exact) mass is 312 g/mol. The summed E-state index contributed by atoms with van der Waals surface area (Å²) in [5.74, 6) is 0. The van der Waals surface area contributed by atoms with E-state index in [1.54, 1.807) is 0 Å². The van der Waals surface area contributed by atoms with Crippen LogP contribution in [0.25, 0.3) is 11.1 Å². The number of rotatable bonds is 10. The smallest absolute Gasteiger partial charge is 0.150 e. The number of aryl methyl sites for hydroxylation is 1. The first kappa shape index (κ1) is 19.4. The highest BCUT2D eigenvalue weighted by Crippen LogP contribution is 2.28. The van der Waals surface area contributed by atoms with Gasteiger partial charge in [-0.25, -0.2) is 0 Å². The minimum atomic E-state index is 0.892. The van der Waals surface area contributed by atoms with Gasteiger partial charge in [0.1, 0.15) is 0 Å². The summed E-state index contributed by atoms with van der Waals surface area (Å²) in [6, 6.07) is 6.30. The quantitative estimate of drug-likeness (QED) is 0.265. The number of benzene rings is 1. The first-order valence-corrected chi connectivity index (χ1v) is 8.99. The van der Waals surface area contributed by atoms with E-state index in [9.17, 15) is 4.79 Å². The van der Waals surface area contributed by atoms with E-state index >= 15 is 0 Å². The van der Waals surface area contributed by atoms with E-state index < -0.39 is 0 Å². The Bertz CT molecular complexity index is 563. The van der Waals surface area contributed by atoms with Crippen LogP contribution >= 0.6 is 0 Å². The third-order valence-electron chi connectivity index (χ3n) is 4.53. The number of allylic oxidation sites excluding steroid dienone is 3. The van der Waals surface area contributed by atoms with Crippen molar-refractivity contribution >= 4 is 17.4 Å². The number of unbranched alkanes of at least 4 members (excludes halogenated alkanes) is 4. The molecule has 23 heavy (non-hydrogen) atoms. The van der Waals surface area contributed by atoms with Gasteiger partial charge in [-0.2, -0.15) is 0 Å². The minimum Gasteiger partial charge on any atom is -0.298 e. The lowest BCUT2D eigenvalue weighted by atomic mass is 9.90. The van der Waals surface area contributed by atoms with Gasteiger partial charge >= 0.3 is 0 Å². The second kappa shape index (κ2) is 10.2. The Morgan fingerprint density at radius 1 is 1.13 bits per heavy atom. The molecule has 0 aliphatic rings. The second-order valence-corrected chi connectivity index (χ2v) is 6.46. The van der Waals surface area contributed by atoms with Crippen LogP contribution in [0.4, 0.5) is 0 Å². The van der Waals surface area contributed by atoms with Crippen molar-refractivity contribution in [2.45, 2.75) is 72.6 Å². The fraction of sp³-hybridized carbons (Fsp3) is 0.500. The van der Waals surface area contributed by atoms with Gasteiger partial charge in [0.15, 0.2) is 6.29 Å². The molecule has 1 rings (SSSR count). The molecule has 0 N–H and O–H groups in total. The minimum absolute atomic E-state index is 0.892. The predicted octanol–water partition coefficient (Wildman–Crippen LogP) is 6.75. The standard InChI is InChI=1S/C22H32O/c1-6-8-9-10-11-12-19(7-2)22(16-23)21-15-20(17(3)4)14-13-18(21)5/h13-16H,3,6-12H2,1-2,4-5H3/b22-19-. The fourth-order valence-electron chi connectivity index (χ4n) is 2.96. The largest absolute Gasteiger partial charge is 0.298 e. The number of hydrogen-bond acceptors (Lipinski definition) is 1. The van der Waals surface area contributed by atoms with Crippen LogP contribution in [0.5, 0.6) is 0 Å². The highest BCUT2D eigenvalue weighted by Gasteiger charge is 2.11. The van der Waals surface area contributed by atoms with Gasteiger partial charge in [-0.1, -0.05) is 69.4 Å². The maximum absolute atomic E-state index is 11.8. The summed E-state index contributed by atoms with van der Waals surface area (Å²) < 4.78 is 0. The van der Waals surface area contributed by atoms with E-state index in [4.69, 9.17) is 0 Å². The molecule has 126 valence electrons. The van der Waals surface area contributed by atoms with Crippen LogP contribution in [0.1, 0.15) is 82.4 Å². The third-order valence-corrected chi connectivity index (χ3v) is 4.53. The van der Waals surface area contributed by atoms with Crippen LogP contribution in [0.3, 0.4) is 0 Å². The van der Waals surface area contributed by atoms with E-state index in [-0.39, 0.29) is 0 Å². The molecular formula is C22H32O. The summed E-state index contributed by atoms with van der Waals surface area (Å²) >= 11 is 0. The summed E-state index contributed by atoms with van der Waals surface area (Å²) in [5, 5.41) is 0. The zero-order chi connectivity index (χ0) is 17.2. The second-order valence-electron chi connectivity index (χ2n) is 6.46. The Morgan fingerprint density at radius 3 is 2.39 bits per heavy atom. The van der Waals surface area contributed by atoms with Crippen molar-refractivity contribution in [3.63, 3.8) is 0 Å². The third kappa shape index (κ3) is 5.82. The molecule has 0 atom stereocenters. The summed E-state index contributed by atoms with van der Waals surface area (Å²) in [7, 11) is 0. The molecule has 0 saturated heterocycles. The van der Waals surface area contributed by atoms with Crippen molar-refractivity contribution in [2.24, 2.45) is 0 Å². The van der Waals surface area contributed by atoms with Crippen LogP contribution in [0.2, 0.25) is 0 Å². The predicted molar refractivity (Wildman–Crippen MR) is 103 cm³/mol. The highest BCUT2D eigenvalue weighted by molar-refractivity contribution is 6.09. The molecule has 0 heterocycles. The molecule has 1 nitrogen and oxygen atoms in total. The van der Waals surface area contributed by atoms with E-state index in [2.05, 4.69) is 45.5 Å². The molecule has 0 saturated carbocycles. The van der Waals surface area contributed by atoms with Crippen molar-refractivity contribution in [3.8, 4) is 0 Å². The van der Waals surface area contributed by atoms with Gasteiger partial charge in [0.2, 0.25) is 0 Å². The number of hydrogen-bond donors (Lipinski definition) is 0. The zero-order valence-electron chi connectivity index (χ0n) is 15.4. The molecular weight excluding hydrogens is 280 g/mol. The summed E-state index contributed by atoms with van der Waals surface area (Å²) in [6.07, 6.45) is 9.34. The molecule has 1 heteroatoms. The maximum atomic E-state index is 11.8. The lowest BCUT2D eigenvalue weighted by Crippen LogP contribution is -1.98. The van der Waals surface area contributed by atoms with Gasteiger partial charge in [-0.3, -0.25) is 4.79 Å². The van der Waals surface area contributed by atoms with Gasteiger partial charge in [0.05, 0.1) is 0 Å². The Kier molecular flexibility index (Phi) is 8.61. The Balaban J connectivity index is 3.04. The lowest BCUT2D eigenvalue weighted by molar-refractivity contribution is -0.103.